The molecule has 1 aromatic heterocycles. The monoisotopic (exact) mass is 239 g/mol. The van der Waals surface area contributed by atoms with Crippen LogP contribution in [0.15, 0.2) is 12.4 Å². The number of ether oxygens (including phenoxy) is 1. The number of aromatic nitrogens is 2. The lowest BCUT2D eigenvalue weighted by Gasteiger charge is -2.14. The van der Waals surface area contributed by atoms with E-state index in [1.54, 1.807) is 6.20 Å². The fourth-order valence-electron chi connectivity index (χ4n) is 1.41. The standard InChI is InChI=1S/C13H25N3O/c1-10(2)14-6-12(5)9-17-13-7-15-16(8-13)11(3)4/h7-8,10-12,14H,6,9H2,1-5H3. The Morgan fingerprint density at radius 3 is 2.53 bits per heavy atom. The largest absolute Gasteiger partial charge is 0.490 e. The lowest BCUT2D eigenvalue weighted by atomic mass is 10.2. The van der Waals surface area contributed by atoms with Crippen molar-refractivity contribution in [2.24, 2.45) is 5.92 Å². The Labute approximate surface area is 104 Å². The molecule has 17 heavy (non-hydrogen) atoms. The molecule has 1 N–H and O–H groups in total. The van der Waals surface area contributed by atoms with Gasteiger partial charge in [-0.1, -0.05) is 20.8 Å². The summed E-state index contributed by atoms with van der Waals surface area (Å²) in [6.07, 6.45) is 3.73. The topological polar surface area (TPSA) is 39.1 Å². The van der Waals surface area contributed by atoms with Crippen molar-refractivity contribution in [3.63, 3.8) is 0 Å². The van der Waals surface area contributed by atoms with E-state index >= 15 is 0 Å². The molecule has 0 aliphatic rings. The van der Waals surface area contributed by atoms with E-state index in [1.165, 1.54) is 0 Å². The highest BCUT2D eigenvalue weighted by Crippen LogP contribution is 2.13. The average molecular weight is 239 g/mol. The fraction of sp³-hybridized carbons (Fsp3) is 0.769. The van der Waals surface area contributed by atoms with Crippen molar-refractivity contribution < 1.29 is 4.74 Å². The molecule has 0 bridgehead atoms. The summed E-state index contributed by atoms with van der Waals surface area (Å²) in [4.78, 5) is 0. The zero-order chi connectivity index (χ0) is 12.8. The Hall–Kier alpha value is -1.03. The van der Waals surface area contributed by atoms with Crippen molar-refractivity contribution >= 4 is 0 Å². The maximum Gasteiger partial charge on any atom is 0.157 e. The van der Waals surface area contributed by atoms with Crippen LogP contribution in [0.25, 0.3) is 0 Å². The minimum atomic E-state index is 0.382. The summed E-state index contributed by atoms with van der Waals surface area (Å²) in [5.41, 5.74) is 0. The van der Waals surface area contributed by atoms with Gasteiger partial charge >= 0.3 is 0 Å². The van der Waals surface area contributed by atoms with Crippen molar-refractivity contribution in [3.8, 4) is 5.75 Å². The van der Waals surface area contributed by atoms with Crippen LogP contribution >= 0.6 is 0 Å². The lowest BCUT2D eigenvalue weighted by Crippen LogP contribution is -2.30. The quantitative estimate of drug-likeness (QED) is 0.794. The van der Waals surface area contributed by atoms with Crippen LogP contribution < -0.4 is 10.1 Å². The number of nitrogens with one attached hydrogen (secondary N) is 1. The van der Waals surface area contributed by atoms with E-state index in [2.05, 4.69) is 45.0 Å². The summed E-state index contributed by atoms with van der Waals surface area (Å²) >= 11 is 0. The first-order chi connectivity index (χ1) is 7.99. The van der Waals surface area contributed by atoms with Crippen LogP contribution in [0, 0.1) is 5.92 Å². The van der Waals surface area contributed by atoms with Crippen LogP contribution in [0.5, 0.6) is 5.75 Å². The van der Waals surface area contributed by atoms with Crippen LogP contribution in [-0.4, -0.2) is 29.0 Å². The van der Waals surface area contributed by atoms with E-state index in [1.807, 2.05) is 10.9 Å². The molecule has 0 amide bonds. The van der Waals surface area contributed by atoms with Gasteiger partial charge in [0, 0.05) is 24.5 Å². The molecule has 0 saturated heterocycles. The van der Waals surface area contributed by atoms with Crippen LogP contribution in [0.1, 0.15) is 40.7 Å². The van der Waals surface area contributed by atoms with Gasteiger partial charge in [0.2, 0.25) is 0 Å². The Morgan fingerprint density at radius 1 is 1.29 bits per heavy atom. The minimum absolute atomic E-state index is 0.382. The first-order valence-electron chi connectivity index (χ1n) is 6.39. The highest BCUT2D eigenvalue weighted by Gasteiger charge is 2.06. The second-order valence-electron chi connectivity index (χ2n) is 5.23. The van der Waals surface area contributed by atoms with Gasteiger partial charge in [0.25, 0.3) is 0 Å². The molecule has 1 heterocycles. The summed E-state index contributed by atoms with van der Waals surface area (Å²) < 4.78 is 7.62. The zero-order valence-corrected chi connectivity index (χ0v) is 11.6. The van der Waals surface area contributed by atoms with Gasteiger partial charge in [-0.2, -0.15) is 5.10 Å². The van der Waals surface area contributed by atoms with Gasteiger partial charge in [0.15, 0.2) is 5.75 Å². The molecular formula is C13H25N3O. The first kappa shape index (κ1) is 14.0. The third-order valence-electron chi connectivity index (χ3n) is 2.52. The molecule has 1 atom stereocenters. The van der Waals surface area contributed by atoms with Gasteiger partial charge in [-0.3, -0.25) is 4.68 Å². The number of nitrogens with zero attached hydrogens (tertiary/aromatic N) is 2. The van der Waals surface area contributed by atoms with Crippen LogP contribution in [0.4, 0.5) is 0 Å². The van der Waals surface area contributed by atoms with Crippen molar-refractivity contribution in [3.05, 3.63) is 12.4 Å². The Kier molecular flexibility index (Phi) is 5.48. The van der Waals surface area contributed by atoms with E-state index in [-0.39, 0.29) is 0 Å². The van der Waals surface area contributed by atoms with Gasteiger partial charge in [-0.15, -0.1) is 0 Å². The SMILES string of the molecule is CC(CNC(C)C)COc1cnn(C(C)C)c1. The Balaban J connectivity index is 2.29. The van der Waals surface area contributed by atoms with Crippen LogP contribution in [0.2, 0.25) is 0 Å². The predicted molar refractivity (Wildman–Crippen MR) is 70.4 cm³/mol. The molecule has 4 heteroatoms. The smallest absolute Gasteiger partial charge is 0.157 e. The van der Waals surface area contributed by atoms with E-state index < -0.39 is 0 Å². The van der Waals surface area contributed by atoms with Crippen molar-refractivity contribution in [1.82, 2.24) is 15.1 Å². The van der Waals surface area contributed by atoms with Crippen molar-refractivity contribution in [2.75, 3.05) is 13.2 Å². The van der Waals surface area contributed by atoms with Gasteiger partial charge in [-0.05, 0) is 13.8 Å². The number of hydrogen-bond acceptors (Lipinski definition) is 3. The van der Waals surface area contributed by atoms with Gasteiger partial charge in [0.05, 0.1) is 19.0 Å². The van der Waals surface area contributed by atoms with Crippen LogP contribution in [-0.2, 0) is 0 Å². The molecular weight excluding hydrogens is 214 g/mol. The molecule has 0 radical (unpaired) electrons. The third-order valence-corrected chi connectivity index (χ3v) is 2.52. The average Bonchev–Trinajstić information content (AvgIpc) is 2.72. The van der Waals surface area contributed by atoms with E-state index in [0.717, 1.165) is 18.9 Å². The summed E-state index contributed by atoms with van der Waals surface area (Å²) in [6.45, 7) is 12.4. The third kappa shape index (κ3) is 5.22. The molecule has 0 aliphatic heterocycles. The molecule has 4 nitrogen and oxygen atoms in total. The van der Waals surface area contributed by atoms with E-state index in [4.69, 9.17) is 4.74 Å². The van der Waals surface area contributed by atoms with Gasteiger partial charge < -0.3 is 10.1 Å². The zero-order valence-electron chi connectivity index (χ0n) is 11.6. The molecule has 0 spiro atoms. The predicted octanol–water partition coefficient (Wildman–Crippen LogP) is 2.48. The van der Waals surface area contributed by atoms with Crippen molar-refractivity contribution in [2.45, 2.75) is 46.7 Å². The summed E-state index contributed by atoms with van der Waals surface area (Å²) in [5, 5.41) is 7.65. The lowest BCUT2D eigenvalue weighted by molar-refractivity contribution is 0.252. The first-order valence-corrected chi connectivity index (χ1v) is 6.39. The summed E-state index contributed by atoms with van der Waals surface area (Å²) in [5.74, 6) is 1.36. The molecule has 98 valence electrons. The van der Waals surface area contributed by atoms with E-state index in [9.17, 15) is 0 Å². The maximum absolute atomic E-state index is 5.71. The molecule has 1 aromatic rings. The highest BCUT2D eigenvalue weighted by molar-refractivity contribution is 5.11. The van der Waals surface area contributed by atoms with Crippen molar-refractivity contribution in [1.29, 1.82) is 0 Å². The van der Waals surface area contributed by atoms with E-state index in [0.29, 0.717) is 18.0 Å². The molecule has 0 aromatic carbocycles. The van der Waals surface area contributed by atoms with Gasteiger partial charge in [0.1, 0.15) is 0 Å². The normalized spacial score (nSPS) is 13.4. The van der Waals surface area contributed by atoms with Gasteiger partial charge in [-0.25, -0.2) is 0 Å². The maximum atomic E-state index is 5.71. The van der Waals surface area contributed by atoms with Crippen LogP contribution in [0.3, 0.4) is 0 Å². The molecule has 0 aliphatic carbocycles. The Bertz CT molecular complexity index is 320. The minimum Gasteiger partial charge on any atom is -0.490 e. The second kappa shape index (κ2) is 6.64. The summed E-state index contributed by atoms with van der Waals surface area (Å²) in [6, 6.07) is 0.911. The fourth-order valence-corrected chi connectivity index (χ4v) is 1.41. The Morgan fingerprint density at radius 2 is 2.00 bits per heavy atom. The number of rotatable bonds is 7. The molecule has 1 unspecified atom stereocenters. The highest BCUT2D eigenvalue weighted by atomic mass is 16.5. The number of hydrogen-bond donors (Lipinski definition) is 1. The molecule has 0 saturated carbocycles. The molecule has 1 rings (SSSR count). The molecule has 0 fully saturated rings. The summed E-state index contributed by atoms with van der Waals surface area (Å²) in [7, 11) is 0. The second-order valence-corrected chi connectivity index (χ2v) is 5.23.